The summed E-state index contributed by atoms with van der Waals surface area (Å²) >= 11 is 0. The normalized spacial score (nSPS) is 10.5. The molecule has 2 aromatic rings. The van der Waals surface area contributed by atoms with Crippen molar-refractivity contribution in [3.8, 4) is 5.75 Å². The highest BCUT2D eigenvalue weighted by Gasteiger charge is 2.22. The number of carbonyl (C=O) groups excluding carboxylic acids is 2. The van der Waals surface area contributed by atoms with E-state index in [0.29, 0.717) is 17.7 Å². The summed E-state index contributed by atoms with van der Waals surface area (Å²) in [5, 5.41) is 0. The molecule has 9 heteroatoms. The van der Waals surface area contributed by atoms with E-state index in [2.05, 4.69) is 0 Å². The van der Waals surface area contributed by atoms with Crippen LogP contribution in [0.15, 0.2) is 33.9 Å². The van der Waals surface area contributed by atoms with Crippen LogP contribution in [-0.2, 0) is 29.5 Å². The van der Waals surface area contributed by atoms with Crippen LogP contribution in [0.2, 0.25) is 0 Å². The van der Waals surface area contributed by atoms with Gasteiger partial charge in [0.15, 0.2) is 6.61 Å². The number of methoxy groups -OCH3 is 1. The predicted molar refractivity (Wildman–Crippen MR) is 103 cm³/mol. The van der Waals surface area contributed by atoms with Gasteiger partial charge in [0.2, 0.25) is 5.78 Å². The van der Waals surface area contributed by atoms with Crippen LogP contribution in [0, 0.1) is 0 Å². The van der Waals surface area contributed by atoms with Gasteiger partial charge in [-0.05, 0) is 24.1 Å². The Hall–Kier alpha value is -3.36. The fourth-order valence-electron chi connectivity index (χ4n) is 2.70. The molecule has 0 aliphatic carbocycles. The van der Waals surface area contributed by atoms with Crippen molar-refractivity contribution >= 4 is 17.6 Å². The van der Waals surface area contributed by atoms with Crippen molar-refractivity contribution in [2.24, 2.45) is 7.05 Å². The third-order valence-electron chi connectivity index (χ3n) is 4.16. The average molecular weight is 389 g/mol. The molecule has 1 heterocycles. The molecule has 0 atom stereocenters. The van der Waals surface area contributed by atoms with E-state index in [1.807, 2.05) is 6.92 Å². The molecule has 2 rings (SSSR count). The number of nitrogen functional groups attached to an aromatic ring is 1. The van der Waals surface area contributed by atoms with E-state index >= 15 is 0 Å². The number of carbonyl (C=O) groups is 2. The molecular formula is C19H23N3O6. The van der Waals surface area contributed by atoms with Gasteiger partial charge in [-0.25, -0.2) is 4.79 Å². The molecule has 150 valence electrons. The van der Waals surface area contributed by atoms with Gasteiger partial charge in [0, 0.05) is 13.6 Å². The monoisotopic (exact) mass is 389 g/mol. The fraction of sp³-hybridized carbons (Fsp3) is 0.368. The highest BCUT2D eigenvalue weighted by molar-refractivity contribution is 6.01. The zero-order chi connectivity index (χ0) is 20.8. The van der Waals surface area contributed by atoms with Gasteiger partial charge in [-0.15, -0.1) is 0 Å². The lowest BCUT2D eigenvalue weighted by Gasteiger charge is -2.13. The molecule has 2 N–H and O–H groups in total. The number of benzene rings is 1. The molecule has 0 aliphatic heterocycles. The molecule has 28 heavy (non-hydrogen) atoms. The first-order valence-corrected chi connectivity index (χ1v) is 8.71. The molecule has 1 aromatic carbocycles. The van der Waals surface area contributed by atoms with E-state index in [0.717, 1.165) is 9.13 Å². The van der Waals surface area contributed by atoms with Crippen LogP contribution in [0.25, 0.3) is 0 Å². The van der Waals surface area contributed by atoms with Gasteiger partial charge >= 0.3 is 11.7 Å². The first-order valence-electron chi connectivity index (χ1n) is 8.71. The molecule has 0 bridgehead atoms. The smallest absolute Gasteiger partial charge is 0.332 e. The lowest BCUT2D eigenvalue weighted by molar-refractivity contribution is -0.141. The quantitative estimate of drug-likeness (QED) is 0.516. The van der Waals surface area contributed by atoms with E-state index in [-0.39, 0.29) is 24.3 Å². The molecule has 0 aliphatic rings. The number of rotatable bonds is 8. The van der Waals surface area contributed by atoms with Crippen LogP contribution in [-0.4, -0.2) is 34.6 Å². The molecule has 0 amide bonds. The van der Waals surface area contributed by atoms with Crippen LogP contribution in [0.1, 0.15) is 29.3 Å². The molecule has 9 nitrogen and oxygen atoms in total. The minimum atomic E-state index is -0.816. The second kappa shape index (κ2) is 9.03. The molecular weight excluding hydrogens is 366 g/mol. The Bertz CT molecular complexity index is 1010. The summed E-state index contributed by atoms with van der Waals surface area (Å²) in [4.78, 5) is 48.9. The zero-order valence-electron chi connectivity index (χ0n) is 16.1. The number of hydrogen-bond acceptors (Lipinski definition) is 7. The summed E-state index contributed by atoms with van der Waals surface area (Å²) in [6, 6.07) is 6.87. The maximum Gasteiger partial charge on any atom is 0.332 e. The Morgan fingerprint density at radius 3 is 2.57 bits per heavy atom. The number of hydrogen-bond donors (Lipinski definition) is 1. The van der Waals surface area contributed by atoms with E-state index in [1.165, 1.54) is 14.2 Å². The molecule has 0 fully saturated rings. The first-order chi connectivity index (χ1) is 13.3. The third-order valence-corrected chi connectivity index (χ3v) is 4.16. The van der Waals surface area contributed by atoms with E-state index in [9.17, 15) is 19.2 Å². The summed E-state index contributed by atoms with van der Waals surface area (Å²) in [6.07, 6.45) is 0.527. The predicted octanol–water partition coefficient (Wildman–Crippen LogP) is 0.516. The maximum atomic E-state index is 12.5. The van der Waals surface area contributed by atoms with Gasteiger partial charge < -0.3 is 15.2 Å². The van der Waals surface area contributed by atoms with Crippen molar-refractivity contribution in [1.29, 1.82) is 0 Å². The highest BCUT2D eigenvalue weighted by Crippen LogP contribution is 2.13. The van der Waals surface area contributed by atoms with Crippen LogP contribution in [0.3, 0.4) is 0 Å². The Kier molecular flexibility index (Phi) is 6.75. The van der Waals surface area contributed by atoms with Crippen molar-refractivity contribution in [3.63, 3.8) is 0 Å². The number of ketones is 1. The lowest BCUT2D eigenvalue weighted by Crippen LogP contribution is -2.43. The standard InChI is InChI=1S/C19H23N3O6/c1-4-8-22-17(20)16(18(25)21(2)19(22)26)14(23)11-28-15(24)10-12-6-5-7-13(9-12)27-3/h5-7,9H,4,8,10-11,20H2,1-3H3. The number of nitrogens with zero attached hydrogens (tertiary/aromatic N) is 2. The van der Waals surface area contributed by atoms with Crippen LogP contribution >= 0.6 is 0 Å². The number of ether oxygens (including phenoxy) is 2. The van der Waals surface area contributed by atoms with Crippen molar-refractivity contribution in [1.82, 2.24) is 9.13 Å². The minimum Gasteiger partial charge on any atom is -0.497 e. The Balaban J connectivity index is 2.15. The summed E-state index contributed by atoms with van der Waals surface area (Å²) < 4.78 is 12.1. The van der Waals surface area contributed by atoms with E-state index in [1.54, 1.807) is 24.3 Å². The molecule has 0 saturated heterocycles. The van der Waals surface area contributed by atoms with Crippen LogP contribution < -0.4 is 21.7 Å². The van der Waals surface area contributed by atoms with Crippen molar-refractivity contribution < 1.29 is 19.1 Å². The molecule has 0 saturated carbocycles. The van der Waals surface area contributed by atoms with Gasteiger partial charge in [-0.1, -0.05) is 19.1 Å². The summed E-state index contributed by atoms with van der Waals surface area (Å²) in [7, 11) is 2.78. The fourth-order valence-corrected chi connectivity index (χ4v) is 2.70. The summed E-state index contributed by atoms with van der Waals surface area (Å²) in [6.45, 7) is 1.44. The van der Waals surface area contributed by atoms with Gasteiger partial charge in [0.25, 0.3) is 5.56 Å². The highest BCUT2D eigenvalue weighted by atomic mass is 16.5. The molecule has 0 radical (unpaired) electrons. The van der Waals surface area contributed by atoms with Gasteiger partial charge in [0.1, 0.15) is 17.1 Å². The lowest BCUT2D eigenvalue weighted by atomic mass is 10.1. The molecule has 1 aromatic heterocycles. The Labute approximate surface area is 161 Å². The Morgan fingerprint density at radius 1 is 1.21 bits per heavy atom. The minimum absolute atomic E-state index is 0.0622. The van der Waals surface area contributed by atoms with Gasteiger partial charge in [-0.3, -0.25) is 23.5 Å². The van der Waals surface area contributed by atoms with Crippen molar-refractivity contribution in [2.45, 2.75) is 26.3 Å². The largest absolute Gasteiger partial charge is 0.497 e. The van der Waals surface area contributed by atoms with Crippen LogP contribution in [0.5, 0.6) is 5.75 Å². The topological polar surface area (TPSA) is 123 Å². The van der Waals surface area contributed by atoms with Crippen LogP contribution in [0.4, 0.5) is 5.82 Å². The zero-order valence-corrected chi connectivity index (χ0v) is 16.1. The van der Waals surface area contributed by atoms with Gasteiger partial charge in [-0.2, -0.15) is 0 Å². The second-order valence-electron chi connectivity index (χ2n) is 6.17. The van der Waals surface area contributed by atoms with E-state index < -0.39 is 29.6 Å². The Morgan fingerprint density at radius 2 is 1.93 bits per heavy atom. The molecule has 0 spiro atoms. The third kappa shape index (κ3) is 4.48. The van der Waals surface area contributed by atoms with Crippen molar-refractivity contribution in [3.05, 3.63) is 56.2 Å². The number of aromatic nitrogens is 2. The number of esters is 1. The first kappa shape index (κ1) is 20.9. The summed E-state index contributed by atoms with van der Waals surface area (Å²) in [5.41, 5.74) is 4.76. The van der Waals surface area contributed by atoms with E-state index in [4.69, 9.17) is 15.2 Å². The number of nitrogens with two attached hydrogens (primary N) is 1. The van der Waals surface area contributed by atoms with Gasteiger partial charge in [0.05, 0.1) is 13.5 Å². The SMILES string of the molecule is CCCn1c(N)c(C(=O)COC(=O)Cc2cccc(OC)c2)c(=O)n(C)c1=O. The number of Topliss-reactive ketones (excluding diaryl/α,β-unsaturated/α-hetero) is 1. The average Bonchev–Trinajstić information content (AvgIpc) is 2.68. The summed E-state index contributed by atoms with van der Waals surface area (Å²) in [5.74, 6) is -1.03. The molecule has 0 unspecified atom stereocenters. The van der Waals surface area contributed by atoms with Crippen molar-refractivity contribution in [2.75, 3.05) is 19.5 Å². The number of anilines is 1. The maximum absolute atomic E-state index is 12.5. The second-order valence-corrected chi connectivity index (χ2v) is 6.17.